The van der Waals surface area contributed by atoms with Gasteiger partial charge in [0.1, 0.15) is 5.82 Å². The van der Waals surface area contributed by atoms with Gasteiger partial charge in [-0.3, -0.25) is 24.2 Å². The number of imidazole rings is 1. The Morgan fingerprint density at radius 2 is 1.38 bits per heavy atom. The van der Waals surface area contributed by atoms with Crippen LogP contribution in [0.2, 0.25) is 0 Å². The van der Waals surface area contributed by atoms with Gasteiger partial charge in [-0.25, -0.2) is 4.98 Å². The highest BCUT2D eigenvalue weighted by Crippen LogP contribution is 2.23. The summed E-state index contributed by atoms with van der Waals surface area (Å²) in [6.45, 7) is 4.62. The van der Waals surface area contributed by atoms with E-state index in [9.17, 15) is 14.4 Å². The molecule has 1 fully saturated rings. The lowest BCUT2D eigenvalue weighted by atomic mass is 10.1. The fourth-order valence-corrected chi connectivity index (χ4v) is 5.53. The quantitative estimate of drug-likeness (QED) is 0.330. The van der Waals surface area contributed by atoms with Gasteiger partial charge >= 0.3 is 0 Å². The van der Waals surface area contributed by atoms with E-state index < -0.39 is 0 Å². The van der Waals surface area contributed by atoms with Crippen molar-refractivity contribution in [2.75, 3.05) is 32.7 Å². The minimum Gasteiger partial charge on any atom is -0.340 e. The highest BCUT2D eigenvalue weighted by atomic mass is 16.2. The van der Waals surface area contributed by atoms with E-state index in [2.05, 4.69) is 45.9 Å². The van der Waals surface area contributed by atoms with Crippen LogP contribution in [-0.2, 0) is 17.9 Å². The molecular formula is C31H31N5O3. The molecule has 3 heterocycles. The summed E-state index contributed by atoms with van der Waals surface area (Å²) in [4.78, 5) is 48.5. The summed E-state index contributed by atoms with van der Waals surface area (Å²) in [5.74, 6) is 0.563. The summed E-state index contributed by atoms with van der Waals surface area (Å²) in [6, 6.07) is 25.5. The number of benzene rings is 3. The molecule has 0 unspecified atom stereocenters. The van der Waals surface area contributed by atoms with E-state index in [4.69, 9.17) is 4.98 Å². The van der Waals surface area contributed by atoms with Crippen molar-refractivity contribution in [1.82, 2.24) is 24.3 Å². The first-order valence-electron chi connectivity index (χ1n) is 13.5. The number of imide groups is 1. The van der Waals surface area contributed by atoms with Crippen LogP contribution in [-0.4, -0.2) is 74.7 Å². The van der Waals surface area contributed by atoms with E-state index in [1.165, 1.54) is 10.5 Å². The highest BCUT2D eigenvalue weighted by Gasteiger charge is 2.34. The zero-order valence-electron chi connectivity index (χ0n) is 21.8. The molecule has 2 aliphatic heterocycles. The molecule has 2 aliphatic rings. The normalized spacial score (nSPS) is 15.8. The second-order valence-electron chi connectivity index (χ2n) is 10.2. The predicted molar refractivity (Wildman–Crippen MR) is 148 cm³/mol. The second-order valence-corrected chi connectivity index (χ2v) is 10.2. The van der Waals surface area contributed by atoms with Gasteiger partial charge in [0.05, 0.1) is 28.7 Å². The number of aromatic nitrogens is 2. The SMILES string of the molecule is O=C(CCCN1C(=O)c2ccccc2C1=O)N1CCN(Cc2nc3ccccc3n2Cc2ccccc2)CC1. The maximum atomic E-state index is 12.9. The van der Waals surface area contributed by atoms with Gasteiger partial charge in [-0.2, -0.15) is 0 Å². The van der Waals surface area contributed by atoms with Crippen LogP contribution in [0.25, 0.3) is 11.0 Å². The fourth-order valence-electron chi connectivity index (χ4n) is 5.53. The number of hydrogen-bond donors (Lipinski definition) is 0. The summed E-state index contributed by atoms with van der Waals surface area (Å²) in [5, 5.41) is 0. The third-order valence-corrected chi connectivity index (χ3v) is 7.66. The van der Waals surface area contributed by atoms with Crippen LogP contribution in [0, 0.1) is 0 Å². The van der Waals surface area contributed by atoms with Gasteiger partial charge < -0.3 is 9.47 Å². The summed E-state index contributed by atoms with van der Waals surface area (Å²) in [5.41, 5.74) is 4.25. The Bertz CT molecular complexity index is 1490. The van der Waals surface area contributed by atoms with Gasteiger partial charge in [-0.15, -0.1) is 0 Å². The molecule has 8 heteroatoms. The molecule has 1 saturated heterocycles. The fraction of sp³-hybridized carbons (Fsp3) is 0.290. The summed E-state index contributed by atoms with van der Waals surface area (Å²) in [6.07, 6.45) is 0.786. The number of hydrogen-bond acceptors (Lipinski definition) is 5. The Kier molecular flexibility index (Phi) is 6.94. The van der Waals surface area contributed by atoms with Gasteiger partial charge in [-0.05, 0) is 36.2 Å². The lowest BCUT2D eigenvalue weighted by Crippen LogP contribution is -2.48. The lowest BCUT2D eigenvalue weighted by molar-refractivity contribution is -0.133. The molecule has 0 aliphatic carbocycles. The second kappa shape index (κ2) is 10.8. The molecule has 1 aromatic heterocycles. The highest BCUT2D eigenvalue weighted by molar-refractivity contribution is 6.21. The zero-order chi connectivity index (χ0) is 26.8. The van der Waals surface area contributed by atoms with Crippen molar-refractivity contribution >= 4 is 28.8 Å². The van der Waals surface area contributed by atoms with E-state index >= 15 is 0 Å². The lowest BCUT2D eigenvalue weighted by Gasteiger charge is -2.34. The van der Waals surface area contributed by atoms with Gasteiger partial charge in [0.25, 0.3) is 11.8 Å². The first kappa shape index (κ1) is 25.0. The Hall–Kier alpha value is -4.30. The number of fused-ring (bicyclic) bond motifs is 2. The maximum Gasteiger partial charge on any atom is 0.261 e. The minimum atomic E-state index is -0.269. The molecule has 39 heavy (non-hydrogen) atoms. The smallest absolute Gasteiger partial charge is 0.261 e. The van der Waals surface area contributed by atoms with E-state index in [1.807, 2.05) is 23.1 Å². The van der Waals surface area contributed by atoms with Crippen molar-refractivity contribution in [3.05, 3.63) is 101 Å². The van der Waals surface area contributed by atoms with Crippen molar-refractivity contribution < 1.29 is 14.4 Å². The summed E-state index contributed by atoms with van der Waals surface area (Å²) in [7, 11) is 0. The van der Waals surface area contributed by atoms with Crippen molar-refractivity contribution in [1.29, 1.82) is 0 Å². The predicted octanol–water partition coefficient (Wildman–Crippen LogP) is 3.81. The van der Waals surface area contributed by atoms with E-state index in [-0.39, 0.29) is 24.3 Å². The monoisotopic (exact) mass is 521 g/mol. The zero-order valence-corrected chi connectivity index (χ0v) is 21.8. The Morgan fingerprint density at radius 3 is 2.10 bits per heavy atom. The molecule has 3 amide bonds. The standard InChI is InChI=1S/C31H31N5O3/c37-29(15-8-16-35-30(38)24-11-4-5-12-25(24)31(35)39)34-19-17-33(18-20-34)22-28-32-26-13-6-7-14-27(26)36(28)21-23-9-2-1-3-10-23/h1-7,9-14H,8,15-22H2. The Labute approximate surface area is 227 Å². The molecule has 198 valence electrons. The number of piperazine rings is 1. The molecular weight excluding hydrogens is 490 g/mol. The van der Waals surface area contributed by atoms with Crippen molar-refractivity contribution in [2.24, 2.45) is 0 Å². The van der Waals surface area contributed by atoms with Crippen LogP contribution >= 0.6 is 0 Å². The molecule has 0 radical (unpaired) electrons. The number of nitrogens with zero attached hydrogens (tertiary/aromatic N) is 5. The van der Waals surface area contributed by atoms with Crippen LogP contribution in [0.4, 0.5) is 0 Å². The molecule has 6 rings (SSSR count). The molecule has 0 spiro atoms. The van der Waals surface area contributed by atoms with Crippen LogP contribution < -0.4 is 0 Å². The first-order valence-corrected chi connectivity index (χ1v) is 13.5. The number of para-hydroxylation sites is 2. The number of rotatable bonds is 8. The Balaban J connectivity index is 1.03. The molecule has 0 bridgehead atoms. The topological polar surface area (TPSA) is 78.8 Å². The first-order chi connectivity index (χ1) is 19.1. The third-order valence-electron chi connectivity index (χ3n) is 7.66. The third kappa shape index (κ3) is 5.07. The summed E-state index contributed by atoms with van der Waals surface area (Å²) < 4.78 is 2.29. The summed E-state index contributed by atoms with van der Waals surface area (Å²) >= 11 is 0. The Morgan fingerprint density at radius 1 is 0.744 bits per heavy atom. The number of carbonyl (C=O) groups excluding carboxylic acids is 3. The van der Waals surface area contributed by atoms with Gasteiger partial charge in [0.15, 0.2) is 0 Å². The molecule has 0 N–H and O–H groups in total. The largest absolute Gasteiger partial charge is 0.340 e. The molecule has 3 aromatic carbocycles. The molecule has 0 atom stereocenters. The average Bonchev–Trinajstić information content (AvgIpc) is 3.43. The van der Waals surface area contributed by atoms with E-state index in [0.29, 0.717) is 37.1 Å². The van der Waals surface area contributed by atoms with E-state index in [0.717, 1.165) is 43.0 Å². The van der Waals surface area contributed by atoms with Crippen molar-refractivity contribution in [2.45, 2.75) is 25.9 Å². The van der Waals surface area contributed by atoms with Crippen LogP contribution in [0.5, 0.6) is 0 Å². The van der Waals surface area contributed by atoms with E-state index in [1.54, 1.807) is 24.3 Å². The molecule has 8 nitrogen and oxygen atoms in total. The molecule has 0 saturated carbocycles. The van der Waals surface area contributed by atoms with Crippen LogP contribution in [0.15, 0.2) is 78.9 Å². The van der Waals surface area contributed by atoms with Gasteiger partial charge in [-0.1, -0.05) is 54.6 Å². The minimum absolute atomic E-state index is 0.0718. The van der Waals surface area contributed by atoms with Crippen molar-refractivity contribution in [3.63, 3.8) is 0 Å². The average molecular weight is 522 g/mol. The van der Waals surface area contributed by atoms with Crippen LogP contribution in [0.1, 0.15) is 44.9 Å². The van der Waals surface area contributed by atoms with Crippen LogP contribution in [0.3, 0.4) is 0 Å². The van der Waals surface area contributed by atoms with Gasteiger partial charge in [0, 0.05) is 45.7 Å². The number of amides is 3. The number of carbonyl (C=O) groups is 3. The van der Waals surface area contributed by atoms with Gasteiger partial charge in [0.2, 0.25) is 5.91 Å². The van der Waals surface area contributed by atoms with Crippen molar-refractivity contribution in [3.8, 4) is 0 Å². The maximum absolute atomic E-state index is 12.9. The molecule has 4 aromatic rings.